The Hall–Kier alpha value is -1.41. The molecule has 5 nitrogen and oxygen atoms in total. The minimum absolute atomic E-state index is 0. The van der Waals surface area contributed by atoms with Crippen LogP contribution >= 0.6 is 0 Å². The van der Waals surface area contributed by atoms with E-state index in [-0.39, 0.29) is 67.3 Å². The largest absolute Gasteiger partial charge is 0.699 e. The standard InChI is InChI=1S/C19H24F3N3O2.Y/c1-3-5-6-9-24-16(26)11-14-17(19(20,21)22)13-8-7-12(23)10-15(13)25-18(14)27-4-2;/h7-8,10H,3-6,9,11H2,1-2H3,(H3,23,24,25,26);/p-1. The molecule has 2 aromatic rings. The number of hydrogen-bond donors (Lipinski definition) is 1. The summed E-state index contributed by atoms with van der Waals surface area (Å²) in [4.78, 5) is 16.4. The smallest absolute Gasteiger partial charge is 0.417 e. The average Bonchev–Trinajstić information content (AvgIpc) is 2.58. The first kappa shape index (κ1) is 24.6. The van der Waals surface area contributed by atoms with Gasteiger partial charge in [-0.25, -0.2) is 4.98 Å². The van der Waals surface area contributed by atoms with Crippen LogP contribution in [0.15, 0.2) is 18.2 Å². The van der Waals surface area contributed by atoms with E-state index in [9.17, 15) is 18.0 Å². The fourth-order valence-corrected chi connectivity index (χ4v) is 2.85. The maximum atomic E-state index is 13.8. The Balaban J connectivity index is 0.00000392. The van der Waals surface area contributed by atoms with E-state index in [4.69, 9.17) is 10.5 Å². The van der Waals surface area contributed by atoms with Crippen molar-refractivity contribution in [2.45, 2.75) is 45.7 Å². The first-order valence-electron chi connectivity index (χ1n) is 8.92. The van der Waals surface area contributed by atoms with Gasteiger partial charge in [0.2, 0.25) is 11.8 Å². The van der Waals surface area contributed by atoms with Crippen LogP contribution in [0.25, 0.3) is 16.6 Å². The topological polar surface area (TPSA) is 75.0 Å². The maximum Gasteiger partial charge on any atom is 0.417 e. The van der Waals surface area contributed by atoms with Gasteiger partial charge in [-0.15, -0.1) is 5.69 Å². The molecule has 28 heavy (non-hydrogen) atoms. The Morgan fingerprint density at radius 3 is 2.57 bits per heavy atom. The number of halogens is 3. The zero-order valence-electron chi connectivity index (χ0n) is 15.9. The van der Waals surface area contributed by atoms with E-state index in [0.29, 0.717) is 6.54 Å². The normalized spacial score (nSPS) is 11.2. The number of hydrogen-bond acceptors (Lipinski definition) is 3. The number of rotatable bonds is 8. The number of carbonyl (C=O) groups is 1. The Bertz CT molecular complexity index is 813. The van der Waals surface area contributed by atoms with Crippen LogP contribution in [0.3, 0.4) is 0 Å². The molecule has 0 aliphatic carbocycles. The Labute approximate surface area is 187 Å². The Kier molecular flexibility index (Phi) is 9.64. The number of ether oxygens (including phenoxy) is 1. The summed E-state index contributed by atoms with van der Waals surface area (Å²) in [5.41, 5.74) is 6.49. The van der Waals surface area contributed by atoms with Gasteiger partial charge < -0.3 is 15.8 Å². The summed E-state index contributed by atoms with van der Waals surface area (Å²) in [6.07, 6.45) is -2.47. The summed E-state index contributed by atoms with van der Waals surface area (Å²) in [7, 11) is 0. The molecule has 2 rings (SSSR count). The summed E-state index contributed by atoms with van der Waals surface area (Å²) in [5, 5.41) is 2.51. The van der Waals surface area contributed by atoms with Crippen molar-refractivity contribution in [1.29, 1.82) is 0 Å². The number of unbranched alkanes of at least 4 members (excludes halogenated alkanes) is 2. The van der Waals surface area contributed by atoms with Gasteiger partial charge in [0, 0.05) is 50.2 Å². The van der Waals surface area contributed by atoms with Crippen LogP contribution in [0, 0.1) is 0 Å². The van der Waals surface area contributed by atoms with Crippen molar-refractivity contribution >= 4 is 22.5 Å². The zero-order valence-corrected chi connectivity index (χ0v) is 18.8. The number of carbonyl (C=O) groups excluding carboxylic acids is 1. The second-order valence-electron chi connectivity index (χ2n) is 6.17. The summed E-state index contributed by atoms with van der Waals surface area (Å²) in [6, 6.07) is 3.74. The van der Waals surface area contributed by atoms with Crippen molar-refractivity contribution in [3.05, 3.63) is 35.1 Å². The second-order valence-corrected chi connectivity index (χ2v) is 6.17. The Morgan fingerprint density at radius 1 is 1.25 bits per heavy atom. The van der Waals surface area contributed by atoms with E-state index in [2.05, 4.69) is 10.3 Å². The van der Waals surface area contributed by atoms with E-state index < -0.39 is 24.1 Å². The molecular weight excluding hydrogens is 448 g/mol. The molecule has 0 atom stereocenters. The van der Waals surface area contributed by atoms with E-state index in [0.717, 1.165) is 19.3 Å². The molecule has 0 saturated carbocycles. The van der Waals surface area contributed by atoms with Gasteiger partial charge in [-0.1, -0.05) is 38.0 Å². The third-order valence-electron chi connectivity index (χ3n) is 4.05. The number of amides is 1. The van der Waals surface area contributed by atoms with Crippen LogP contribution in [-0.4, -0.2) is 24.0 Å². The van der Waals surface area contributed by atoms with Crippen molar-refractivity contribution in [3.63, 3.8) is 0 Å². The molecular formula is C19H23F3N3O2Y-. The third-order valence-corrected chi connectivity index (χ3v) is 4.05. The van der Waals surface area contributed by atoms with Gasteiger partial charge in [0.1, 0.15) is 0 Å². The van der Waals surface area contributed by atoms with Gasteiger partial charge in [0.15, 0.2) is 0 Å². The maximum absolute atomic E-state index is 13.8. The van der Waals surface area contributed by atoms with E-state index in [1.165, 1.54) is 18.2 Å². The third kappa shape index (κ3) is 6.31. The number of pyridine rings is 1. The van der Waals surface area contributed by atoms with Gasteiger partial charge in [-0.3, -0.25) is 4.79 Å². The van der Waals surface area contributed by atoms with Crippen molar-refractivity contribution in [2.75, 3.05) is 13.2 Å². The molecule has 1 aromatic carbocycles. The van der Waals surface area contributed by atoms with Gasteiger partial charge in [0.05, 0.1) is 24.1 Å². The molecule has 0 unspecified atom stereocenters. The molecule has 1 amide bonds. The Morgan fingerprint density at radius 2 is 1.96 bits per heavy atom. The number of aromatic nitrogens is 1. The molecule has 0 spiro atoms. The van der Waals surface area contributed by atoms with Crippen molar-refractivity contribution in [1.82, 2.24) is 10.3 Å². The first-order valence-corrected chi connectivity index (χ1v) is 8.92. The number of benzene rings is 1. The summed E-state index contributed by atoms with van der Waals surface area (Å²) in [5.74, 6) is -0.720. The predicted octanol–water partition coefficient (Wildman–Crippen LogP) is 5.18. The fraction of sp³-hybridized carbons (Fsp3) is 0.474. The fourth-order valence-electron chi connectivity index (χ4n) is 2.85. The summed E-state index contributed by atoms with van der Waals surface area (Å²) in [6.45, 7) is 4.19. The molecule has 0 aliphatic heterocycles. The number of fused-ring (bicyclic) bond motifs is 1. The summed E-state index contributed by atoms with van der Waals surface area (Å²) >= 11 is 0. The predicted molar refractivity (Wildman–Crippen MR) is 98.1 cm³/mol. The molecule has 2 N–H and O–H groups in total. The van der Waals surface area contributed by atoms with Crippen LogP contribution in [0.5, 0.6) is 5.88 Å². The van der Waals surface area contributed by atoms with Crippen LogP contribution in [0.2, 0.25) is 0 Å². The average molecular weight is 471 g/mol. The van der Waals surface area contributed by atoms with Crippen LogP contribution in [0.1, 0.15) is 44.2 Å². The molecule has 9 heteroatoms. The number of nitrogens with one attached hydrogen (secondary N) is 2. The monoisotopic (exact) mass is 471 g/mol. The van der Waals surface area contributed by atoms with Gasteiger partial charge >= 0.3 is 6.18 Å². The molecule has 151 valence electrons. The minimum Gasteiger partial charge on any atom is -0.699 e. The SMILES string of the molecule is CCCCCNC(=O)Cc1c(OCC)nc2cc([NH-])ccc2c1C(F)(F)F.[Y]. The van der Waals surface area contributed by atoms with Gasteiger partial charge in [-0.2, -0.15) is 13.2 Å². The van der Waals surface area contributed by atoms with Crippen molar-refractivity contribution in [2.24, 2.45) is 0 Å². The quantitative estimate of drug-likeness (QED) is 0.539. The number of nitrogens with zero attached hydrogens (tertiary/aromatic N) is 1. The molecule has 0 aliphatic rings. The molecule has 1 aromatic heterocycles. The first-order chi connectivity index (χ1) is 12.8. The molecule has 0 bridgehead atoms. The van der Waals surface area contributed by atoms with E-state index in [1.807, 2.05) is 6.92 Å². The molecule has 1 heterocycles. The zero-order chi connectivity index (χ0) is 20.0. The van der Waals surface area contributed by atoms with Gasteiger partial charge in [-0.05, 0) is 13.3 Å². The van der Waals surface area contributed by atoms with Crippen LogP contribution < -0.4 is 10.1 Å². The minimum atomic E-state index is -4.69. The second kappa shape index (κ2) is 11.0. The van der Waals surface area contributed by atoms with E-state index in [1.54, 1.807) is 6.92 Å². The molecule has 0 fully saturated rings. The molecule has 0 saturated heterocycles. The molecule has 1 radical (unpaired) electrons. The van der Waals surface area contributed by atoms with Crippen molar-refractivity contribution < 1.29 is 55.4 Å². The van der Waals surface area contributed by atoms with Crippen LogP contribution in [0.4, 0.5) is 18.9 Å². The summed E-state index contributed by atoms with van der Waals surface area (Å²) < 4.78 is 46.8. The van der Waals surface area contributed by atoms with Crippen LogP contribution in [-0.2, 0) is 50.1 Å². The van der Waals surface area contributed by atoms with Crippen molar-refractivity contribution in [3.8, 4) is 5.88 Å². The van der Waals surface area contributed by atoms with E-state index >= 15 is 0 Å². The number of alkyl halides is 3. The van der Waals surface area contributed by atoms with Gasteiger partial charge in [0.25, 0.3) is 0 Å².